The smallest absolute Gasteiger partial charge is 0.293 e. The highest BCUT2D eigenvalue weighted by molar-refractivity contribution is 6.09. The predicted molar refractivity (Wildman–Crippen MR) is 96.6 cm³/mol. The molecule has 136 valence electrons. The quantitative estimate of drug-likeness (QED) is 0.502. The van der Waals surface area contributed by atoms with Crippen LogP contribution in [0.3, 0.4) is 0 Å². The SMILES string of the molecule is C[C@@H]1CO[C@@H](CO)CN1c1ccc(C(=O)c2ccccc2)cc1[N+](=O)[O-]. The number of nitrogens with zero attached hydrogens (tertiary/aromatic N) is 2. The minimum atomic E-state index is -0.479. The molecule has 1 aliphatic rings. The summed E-state index contributed by atoms with van der Waals surface area (Å²) in [7, 11) is 0. The largest absolute Gasteiger partial charge is 0.394 e. The fourth-order valence-corrected chi connectivity index (χ4v) is 3.07. The van der Waals surface area contributed by atoms with Gasteiger partial charge >= 0.3 is 0 Å². The molecule has 1 N–H and O–H groups in total. The number of hydrogen-bond donors (Lipinski definition) is 1. The molecule has 2 atom stereocenters. The molecule has 0 aliphatic carbocycles. The molecular formula is C19H20N2O5. The maximum atomic E-state index is 12.6. The average molecular weight is 356 g/mol. The van der Waals surface area contributed by atoms with Crippen molar-refractivity contribution in [2.24, 2.45) is 0 Å². The van der Waals surface area contributed by atoms with Gasteiger partial charge in [0.15, 0.2) is 5.78 Å². The summed E-state index contributed by atoms with van der Waals surface area (Å²) in [5, 5.41) is 21.0. The van der Waals surface area contributed by atoms with E-state index in [9.17, 15) is 20.0 Å². The van der Waals surface area contributed by atoms with E-state index in [4.69, 9.17) is 4.74 Å². The highest BCUT2D eigenvalue weighted by atomic mass is 16.6. The van der Waals surface area contributed by atoms with Crippen LogP contribution in [0.1, 0.15) is 22.8 Å². The summed E-state index contributed by atoms with van der Waals surface area (Å²) in [5.74, 6) is -0.261. The van der Waals surface area contributed by atoms with Gasteiger partial charge in [-0.1, -0.05) is 30.3 Å². The number of ether oxygens (including phenoxy) is 1. The highest BCUT2D eigenvalue weighted by Gasteiger charge is 2.31. The van der Waals surface area contributed by atoms with Crippen LogP contribution in [0.25, 0.3) is 0 Å². The molecule has 7 nitrogen and oxygen atoms in total. The summed E-state index contributed by atoms with van der Waals surface area (Å²) in [4.78, 5) is 25.6. The van der Waals surface area contributed by atoms with Gasteiger partial charge in [0.05, 0.1) is 24.2 Å². The van der Waals surface area contributed by atoms with Crippen LogP contribution in [-0.4, -0.2) is 47.7 Å². The number of aliphatic hydroxyl groups excluding tert-OH is 1. The molecule has 2 aromatic rings. The zero-order valence-electron chi connectivity index (χ0n) is 14.4. The Kier molecular flexibility index (Phi) is 5.29. The maximum Gasteiger partial charge on any atom is 0.293 e. The van der Waals surface area contributed by atoms with Crippen molar-refractivity contribution < 1.29 is 19.6 Å². The van der Waals surface area contributed by atoms with Crippen LogP contribution in [0.2, 0.25) is 0 Å². The molecule has 1 aliphatic heterocycles. The zero-order chi connectivity index (χ0) is 18.7. The average Bonchev–Trinajstić information content (AvgIpc) is 2.68. The van der Waals surface area contributed by atoms with Crippen molar-refractivity contribution in [2.45, 2.75) is 19.1 Å². The van der Waals surface area contributed by atoms with Gasteiger partial charge in [-0.3, -0.25) is 14.9 Å². The van der Waals surface area contributed by atoms with Crippen LogP contribution in [-0.2, 0) is 4.74 Å². The summed E-state index contributed by atoms with van der Waals surface area (Å²) >= 11 is 0. The highest BCUT2D eigenvalue weighted by Crippen LogP contribution is 2.33. The van der Waals surface area contributed by atoms with Crippen LogP contribution in [0.15, 0.2) is 48.5 Å². The van der Waals surface area contributed by atoms with E-state index in [-0.39, 0.29) is 29.7 Å². The van der Waals surface area contributed by atoms with Crippen LogP contribution in [0.4, 0.5) is 11.4 Å². The van der Waals surface area contributed by atoms with Crippen LogP contribution < -0.4 is 4.90 Å². The normalized spacial score (nSPS) is 20.0. The lowest BCUT2D eigenvalue weighted by atomic mass is 10.0. The van der Waals surface area contributed by atoms with Gasteiger partial charge in [0.25, 0.3) is 5.69 Å². The summed E-state index contributed by atoms with van der Waals surface area (Å²) in [6.07, 6.45) is -0.392. The van der Waals surface area contributed by atoms with Crippen LogP contribution >= 0.6 is 0 Å². The molecule has 3 rings (SSSR count). The van der Waals surface area contributed by atoms with Crippen molar-refractivity contribution in [1.82, 2.24) is 0 Å². The number of benzene rings is 2. The van der Waals surface area contributed by atoms with E-state index in [0.717, 1.165) is 0 Å². The molecule has 26 heavy (non-hydrogen) atoms. The third-order valence-corrected chi connectivity index (χ3v) is 4.49. The molecule has 0 radical (unpaired) electrons. The number of anilines is 1. The lowest BCUT2D eigenvalue weighted by molar-refractivity contribution is -0.384. The van der Waals surface area contributed by atoms with E-state index in [0.29, 0.717) is 24.4 Å². The first-order valence-corrected chi connectivity index (χ1v) is 8.38. The van der Waals surface area contributed by atoms with Gasteiger partial charge in [0.2, 0.25) is 0 Å². The van der Waals surface area contributed by atoms with Crippen molar-refractivity contribution in [2.75, 3.05) is 24.7 Å². The van der Waals surface area contributed by atoms with Crippen molar-refractivity contribution in [3.8, 4) is 0 Å². The first-order chi connectivity index (χ1) is 12.5. The topological polar surface area (TPSA) is 92.9 Å². The van der Waals surface area contributed by atoms with E-state index in [1.54, 1.807) is 42.5 Å². The van der Waals surface area contributed by atoms with Gasteiger partial charge in [-0.2, -0.15) is 0 Å². The fraction of sp³-hybridized carbons (Fsp3) is 0.316. The molecule has 0 unspecified atom stereocenters. The first-order valence-electron chi connectivity index (χ1n) is 8.38. The van der Waals surface area contributed by atoms with E-state index < -0.39 is 11.0 Å². The van der Waals surface area contributed by atoms with E-state index in [2.05, 4.69) is 0 Å². The first kappa shape index (κ1) is 18.0. The summed E-state index contributed by atoms with van der Waals surface area (Å²) < 4.78 is 5.50. The molecular weight excluding hydrogens is 336 g/mol. The van der Waals surface area contributed by atoms with E-state index in [1.165, 1.54) is 6.07 Å². The number of morpholine rings is 1. The Bertz CT molecular complexity index is 809. The fourth-order valence-electron chi connectivity index (χ4n) is 3.07. The van der Waals surface area contributed by atoms with Gasteiger partial charge in [-0.05, 0) is 19.1 Å². The van der Waals surface area contributed by atoms with Crippen molar-refractivity contribution in [3.63, 3.8) is 0 Å². The number of ketones is 1. The number of carbonyl (C=O) groups excluding carboxylic acids is 1. The third kappa shape index (κ3) is 3.58. The number of nitro groups is 1. The van der Waals surface area contributed by atoms with Gasteiger partial charge in [-0.25, -0.2) is 0 Å². The Morgan fingerprint density at radius 1 is 1.27 bits per heavy atom. The molecule has 0 bridgehead atoms. The Labute approximate surface area is 151 Å². The molecule has 1 heterocycles. The molecule has 0 spiro atoms. The Morgan fingerprint density at radius 2 is 2.00 bits per heavy atom. The van der Waals surface area contributed by atoms with Gasteiger partial charge in [-0.15, -0.1) is 0 Å². The second-order valence-electron chi connectivity index (χ2n) is 6.30. The van der Waals surface area contributed by atoms with Crippen molar-refractivity contribution >= 4 is 17.2 Å². The summed E-state index contributed by atoms with van der Waals surface area (Å²) in [6, 6.07) is 13.1. The number of carbonyl (C=O) groups is 1. The van der Waals surface area contributed by atoms with Gasteiger partial charge in [0, 0.05) is 29.8 Å². The monoisotopic (exact) mass is 356 g/mol. The Morgan fingerprint density at radius 3 is 2.65 bits per heavy atom. The lowest BCUT2D eigenvalue weighted by Crippen LogP contribution is -2.49. The second-order valence-corrected chi connectivity index (χ2v) is 6.30. The van der Waals surface area contributed by atoms with Crippen molar-refractivity contribution in [1.29, 1.82) is 0 Å². The molecule has 0 saturated carbocycles. The second kappa shape index (κ2) is 7.63. The summed E-state index contributed by atoms with van der Waals surface area (Å²) in [5.41, 5.74) is 1.05. The molecule has 0 amide bonds. The standard InChI is InChI=1S/C19H20N2O5/c1-13-12-26-16(11-22)10-20(13)17-8-7-15(9-18(17)21(24)25)19(23)14-5-3-2-4-6-14/h2-9,13,16,22H,10-12H2,1H3/t13-,16-/m1/s1. The van der Waals surface area contributed by atoms with Crippen molar-refractivity contribution in [3.05, 3.63) is 69.8 Å². The summed E-state index contributed by atoms with van der Waals surface area (Å²) in [6.45, 7) is 2.47. The lowest BCUT2D eigenvalue weighted by Gasteiger charge is -2.38. The van der Waals surface area contributed by atoms with E-state index >= 15 is 0 Å². The molecule has 1 fully saturated rings. The Balaban J connectivity index is 1.97. The van der Waals surface area contributed by atoms with Crippen LogP contribution in [0, 0.1) is 10.1 Å². The molecule has 2 aromatic carbocycles. The number of aliphatic hydroxyl groups is 1. The Hall–Kier alpha value is -2.77. The van der Waals surface area contributed by atoms with Gasteiger partial charge in [0.1, 0.15) is 5.69 Å². The maximum absolute atomic E-state index is 12.6. The molecule has 0 aromatic heterocycles. The number of nitro benzene ring substituents is 1. The van der Waals surface area contributed by atoms with Gasteiger partial charge < -0.3 is 14.7 Å². The zero-order valence-corrected chi connectivity index (χ0v) is 14.4. The molecule has 7 heteroatoms. The van der Waals surface area contributed by atoms with Crippen LogP contribution in [0.5, 0.6) is 0 Å². The predicted octanol–water partition coefficient (Wildman–Crippen LogP) is 2.41. The van der Waals surface area contributed by atoms with E-state index in [1.807, 2.05) is 11.8 Å². The number of rotatable bonds is 5. The number of hydrogen-bond acceptors (Lipinski definition) is 6. The molecule has 1 saturated heterocycles. The minimum Gasteiger partial charge on any atom is -0.394 e. The third-order valence-electron chi connectivity index (χ3n) is 4.49. The minimum absolute atomic E-state index is 0.0767.